The van der Waals surface area contributed by atoms with E-state index in [1.54, 1.807) is 6.92 Å². The lowest BCUT2D eigenvalue weighted by Crippen LogP contribution is -2.38. The molecule has 1 aromatic carbocycles. The van der Waals surface area contributed by atoms with E-state index < -0.39 is 6.10 Å². The lowest BCUT2D eigenvalue weighted by molar-refractivity contribution is -0.144. The molecule has 0 radical (unpaired) electrons. The Bertz CT molecular complexity index is 491. The Morgan fingerprint density at radius 1 is 1.30 bits per heavy atom. The summed E-state index contributed by atoms with van der Waals surface area (Å²) in [7, 11) is 1.37. The summed E-state index contributed by atoms with van der Waals surface area (Å²) in [5.41, 5.74) is 0.899. The number of nitrogens with zero attached hydrogens (tertiary/aromatic N) is 1. The van der Waals surface area contributed by atoms with Gasteiger partial charge in [0.2, 0.25) is 0 Å². The lowest BCUT2D eigenvalue weighted by atomic mass is 10.1. The van der Waals surface area contributed by atoms with E-state index in [1.807, 2.05) is 37.3 Å². The van der Waals surface area contributed by atoms with Crippen LogP contribution in [0.1, 0.15) is 31.9 Å². The maximum atomic E-state index is 11.4. The SMILES string of the molecule is CCNC(=NCC(C)C(=O)OC)NCCC(O)c1ccccc1. The molecule has 0 saturated carbocycles. The van der Waals surface area contributed by atoms with E-state index in [-0.39, 0.29) is 11.9 Å². The number of esters is 1. The van der Waals surface area contributed by atoms with E-state index >= 15 is 0 Å². The predicted molar refractivity (Wildman–Crippen MR) is 91.2 cm³/mol. The molecule has 0 heterocycles. The Labute approximate surface area is 138 Å². The molecule has 0 spiro atoms. The summed E-state index contributed by atoms with van der Waals surface area (Å²) in [6.07, 6.45) is 0.0571. The molecule has 1 aromatic rings. The maximum absolute atomic E-state index is 11.4. The Morgan fingerprint density at radius 2 is 2.00 bits per heavy atom. The second-order valence-electron chi connectivity index (χ2n) is 5.29. The maximum Gasteiger partial charge on any atom is 0.310 e. The summed E-state index contributed by atoms with van der Waals surface area (Å²) >= 11 is 0. The van der Waals surface area contributed by atoms with Crippen LogP contribution in [0.2, 0.25) is 0 Å². The van der Waals surface area contributed by atoms with Crippen molar-refractivity contribution < 1.29 is 14.6 Å². The molecule has 0 amide bonds. The van der Waals surface area contributed by atoms with E-state index in [2.05, 4.69) is 20.4 Å². The van der Waals surface area contributed by atoms with Gasteiger partial charge in [0.05, 0.1) is 25.7 Å². The number of hydrogen-bond donors (Lipinski definition) is 3. The zero-order valence-corrected chi connectivity index (χ0v) is 14.1. The standard InChI is InChI=1S/C17H27N3O3/c1-4-18-17(20-12-13(2)16(22)23-3)19-11-10-15(21)14-8-6-5-7-9-14/h5-9,13,15,21H,4,10-12H2,1-3H3,(H2,18,19,20). The molecule has 6 heteroatoms. The molecule has 0 aliphatic rings. The quantitative estimate of drug-likeness (QED) is 0.384. The zero-order valence-electron chi connectivity index (χ0n) is 14.1. The number of benzene rings is 1. The lowest BCUT2D eigenvalue weighted by Gasteiger charge is -2.15. The molecule has 0 aliphatic carbocycles. The number of aliphatic hydroxyl groups is 1. The second-order valence-corrected chi connectivity index (χ2v) is 5.29. The van der Waals surface area contributed by atoms with Crippen LogP contribution >= 0.6 is 0 Å². The van der Waals surface area contributed by atoms with Crippen molar-refractivity contribution in [3.05, 3.63) is 35.9 Å². The van der Waals surface area contributed by atoms with Gasteiger partial charge in [-0.3, -0.25) is 9.79 Å². The minimum atomic E-state index is -0.513. The average Bonchev–Trinajstić information content (AvgIpc) is 2.59. The Hall–Kier alpha value is -2.08. The van der Waals surface area contributed by atoms with E-state index in [0.717, 1.165) is 12.1 Å². The molecule has 0 fully saturated rings. The summed E-state index contributed by atoms with van der Waals surface area (Å²) in [6.45, 7) is 5.40. The number of carbonyl (C=O) groups excluding carboxylic acids is 1. The normalized spacial score (nSPS) is 14.0. The second kappa shape index (κ2) is 10.6. The van der Waals surface area contributed by atoms with Crippen molar-refractivity contribution in [1.29, 1.82) is 0 Å². The van der Waals surface area contributed by atoms with Crippen molar-refractivity contribution >= 4 is 11.9 Å². The van der Waals surface area contributed by atoms with Crippen molar-refractivity contribution in [3.63, 3.8) is 0 Å². The molecule has 2 unspecified atom stereocenters. The van der Waals surface area contributed by atoms with Crippen LogP contribution in [0.15, 0.2) is 35.3 Å². The first-order valence-corrected chi connectivity index (χ1v) is 7.91. The first-order chi connectivity index (χ1) is 11.1. The van der Waals surface area contributed by atoms with Crippen molar-refractivity contribution in [3.8, 4) is 0 Å². The van der Waals surface area contributed by atoms with Crippen LogP contribution < -0.4 is 10.6 Å². The average molecular weight is 321 g/mol. The van der Waals surface area contributed by atoms with Gasteiger partial charge in [-0.25, -0.2) is 0 Å². The minimum absolute atomic E-state index is 0.274. The smallest absolute Gasteiger partial charge is 0.310 e. The zero-order chi connectivity index (χ0) is 17.1. The van der Waals surface area contributed by atoms with Gasteiger partial charge in [0.1, 0.15) is 0 Å². The molecule has 23 heavy (non-hydrogen) atoms. The third-order valence-corrected chi connectivity index (χ3v) is 3.37. The van der Waals surface area contributed by atoms with Crippen LogP contribution in [0.25, 0.3) is 0 Å². The van der Waals surface area contributed by atoms with Gasteiger partial charge in [0.15, 0.2) is 5.96 Å². The highest BCUT2D eigenvalue weighted by molar-refractivity contribution is 5.80. The molecule has 0 aromatic heterocycles. The molecular formula is C17H27N3O3. The van der Waals surface area contributed by atoms with Gasteiger partial charge in [-0.15, -0.1) is 0 Å². The molecule has 128 valence electrons. The topological polar surface area (TPSA) is 83.0 Å². The number of hydrogen-bond acceptors (Lipinski definition) is 4. The van der Waals surface area contributed by atoms with Gasteiger partial charge in [-0.05, 0) is 18.9 Å². The number of carbonyl (C=O) groups is 1. The summed E-state index contributed by atoms with van der Waals surface area (Å²) in [5, 5.41) is 16.4. The highest BCUT2D eigenvalue weighted by Crippen LogP contribution is 2.14. The van der Waals surface area contributed by atoms with Crippen molar-refractivity contribution in [2.75, 3.05) is 26.7 Å². The Kier molecular flexibility index (Phi) is 8.75. The van der Waals surface area contributed by atoms with Crippen LogP contribution in [0.5, 0.6) is 0 Å². The van der Waals surface area contributed by atoms with Crippen molar-refractivity contribution in [2.24, 2.45) is 10.9 Å². The number of rotatable bonds is 8. The number of ether oxygens (including phenoxy) is 1. The van der Waals surface area contributed by atoms with E-state index in [4.69, 9.17) is 0 Å². The fourth-order valence-corrected chi connectivity index (χ4v) is 2.01. The first-order valence-electron chi connectivity index (χ1n) is 7.91. The van der Waals surface area contributed by atoms with Gasteiger partial charge in [-0.2, -0.15) is 0 Å². The third kappa shape index (κ3) is 7.15. The number of nitrogens with one attached hydrogen (secondary N) is 2. The molecule has 6 nitrogen and oxygen atoms in total. The highest BCUT2D eigenvalue weighted by atomic mass is 16.5. The van der Waals surface area contributed by atoms with E-state index in [9.17, 15) is 9.90 Å². The predicted octanol–water partition coefficient (Wildman–Crippen LogP) is 1.47. The Balaban J connectivity index is 2.45. The molecule has 3 N–H and O–H groups in total. The van der Waals surface area contributed by atoms with Crippen molar-refractivity contribution in [1.82, 2.24) is 10.6 Å². The van der Waals surface area contributed by atoms with Crippen molar-refractivity contribution in [2.45, 2.75) is 26.4 Å². The summed E-state index contributed by atoms with van der Waals surface area (Å²) in [5.74, 6) is 0.0676. The van der Waals surface area contributed by atoms with Gasteiger partial charge in [0.25, 0.3) is 0 Å². The highest BCUT2D eigenvalue weighted by Gasteiger charge is 2.12. The minimum Gasteiger partial charge on any atom is -0.469 e. The summed E-state index contributed by atoms with van der Waals surface area (Å²) in [6, 6.07) is 9.55. The number of methoxy groups -OCH3 is 1. The molecule has 0 aliphatic heterocycles. The molecule has 0 bridgehead atoms. The fourth-order valence-electron chi connectivity index (χ4n) is 2.01. The van der Waals surface area contributed by atoms with Gasteiger partial charge in [0, 0.05) is 13.1 Å². The summed E-state index contributed by atoms with van der Waals surface area (Å²) in [4.78, 5) is 15.7. The fraction of sp³-hybridized carbons (Fsp3) is 0.529. The third-order valence-electron chi connectivity index (χ3n) is 3.37. The monoisotopic (exact) mass is 321 g/mol. The van der Waals surface area contributed by atoms with Crippen LogP contribution in [-0.4, -0.2) is 43.8 Å². The van der Waals surface area contributed by atoms with Crippen LogP contribution in [-0.2, 0) is 9.53 Å². The molecule has 0 saturated heterocycles. The van der Waals surface area contributed by atoms with Crippen LogP contribution in [0.3, 0.4) is 0 Å². The number of aliphatic imine (C=N–C) groups is 1. The van der Waals surface area contributed by atoms with Gasteiger partial charge < -0.3 is 20.5 Å². The van der Waals surface area contributed by atoms with Crippen LogP contribution in [0, 0.1) is 5.92 Å². The van der Waals surface area contributed by atoms with Gasteiger partial charge in [-0.1, -0.05) is 37.3 Å². The summed E-state index contributed by atoms with van der Waals surface area (Å²) < 4.78 is 4.68. The molecular weight excluding hydrogens is 294 g/mol. The van der Waals surface area contributed by atoms with Gasteiger partial charge >= 0.3 is 5.97 Å². The molecule has 1 rings (SSSR count). The largest absolute Gasteiger partial charge is 0.469 e. The van der Waals surface area contributed by atoms with Crippen LogP contribution in [0.4, 0.5) is 0 Å². The molecule has 2 atom stereocenters. The number of aliphatic hydroxyl groups excluding tert-OH is 1. The first kappa shape index (κ1) is 19.0. The number of guanidine groups is 1. The van der Waals surface area contributed by atoms with E-state index in [0.29, 0.717) is 25.5 Å². The Morgan fingerprint density at radius 3 is 2.61 bits per heavy atom. The van der Waals surface area contributed by atoms with E-state index in [1.165, 1.54) is 7.11 Å².